The smallest absolute Gasteiger partial charge is 0.305 e. The molecule has 0 fully saturated rings. The summed E-state index contributed by atoms with van der Waals surface area (Å²) in [6, 6.07) is 0. The Bertz CT molecular complexity index is 432. The molecule has 0 bridgehead atoms. The van der Waals surface area contributed by atoms with Gasteiger partial charge in [-0.3, -0.25) is 9.48 Å². The summed E-state index contributed by atoms with van der Waals surface area (Å²) < 4.78 is 7.72. The minimum Gasteiger partial charge on any atom is -0.469 e. The molecule has 0 radical (unpaired) electrons. The normalized spacial score (nSPS) is 11.1. The standard InChI is InChI=1S/C13H22BrN3O2/c1-5-17-11(13(14)10(2)15-17)9-16(3)8-6-7-12(18)19-4/h5-9H2,1-4H3. The van der Waals surface area contributed by atoms with Crippen LogP contribution in [0.5, 0.6) is 0 Å². The van der Waals surface area contributed by atoms with Gasteiger partial charge in [0.2, 0.25) is 0 Å². The summed E-state index contributed by atoms with van der Waals surface area (Å²) in [5.41, 5.74) is 2.19. The molecule has 0 N–H and O–H groups in total. The van der Waals surface area contributed by atoms with Gasteiger partial charge < -0.3 is 9.64 Å². The fourth-order valence-corrected chi connectivity index (χ4v) is 2.36. The molecule has 5 nitrogen and oxygen atoms in total. The van der Waals surface area contributed by atoms with Crippen molar-refractivity contribution in [2.24, 2.45) is 0 Å². The average molecular weight is 332 g/mol. The van der Waals surface area contributed by atoms with Crippen molar-refractivity contribution in [1.82, 2.24) is 14.7 Å². The third-order valence-electron chi connectivity index (χ3n) is 3.02. The van der Waals surface area contributed by atoms with Crippen LogP contribution in [0.25, 0.3) is 0 Å². The lowest BCUT2D eigenvalue weighted by Gasteiger charge is -2.17. The lowest BCUT2D eigenvalue weighted by Crippen LogP contribution is -2.22. The van der Waals surface area contributed by atoms with Crippen LogP contribution < -0.4 is 0 Å². The second-order valence-corrected chi connectivity index (χ2v) is 5.37. The van der Waals surface area contributed by atoms with E-state index >= 15 is 0 Å². The summed E-state index contributed by atoms with van der Waals surface area (Å²) in [6.45, 7) is 6.61. The number of nitrogens with zero attached hydrogens (tertiary/aromatic N) is 3. The quantitative estimate of drug-likeness (QED) is 0.719. The number of halogens is 1. The first-order chi connectivity index (χ1) is 8.99. The van der Waals surface area contributed by atoms with Crippen LogP contribution in [0, 0.1) is 6.92 Å². The van der Waals surface area contributed by atoms with E-state index in [1.807, 2.05) is 18.7 Å². The number of hydrogen-bond acceptors (Lipinski definition) is 4. The second-order valence-electron chi connectivity index (χ2n) is 4.58. The number of ether oxygens (including phenoxy) is 1. The van der Waals surface area contributed by atoms with Gasteiger partial charge in [-0.25, -0.2) is 0 Å². The lowest BCUT2D eigenvalue weighted by atomic mass is 10.3. The van der Waals surface area contributed by atoms with Crippen molar-refractivity contribution in [1.29, 1.82) is 0 Å². The predicted octanol–water partition coefficient (Wildman–Crippen LogP) is 2.36. The highest BCUT2D eigenvalue weighted by atomic mass is 79.9. The summed E-state index contributed by atoms with van der Waals surface area (Å²) in [6.07, 6.45) is 1.27. The maximum absolute atomic E-state index is 11.0. The first-order valence-corrected chi connectivity index (χ1v) is 7.26. The first kappa shape index (κ1) is 16.2. The molecule has 6 heteroatoms. The number of methoxy groups -OCH3 is 1. The molecule has 1 aromatic rings. The van der Waals surface area contributed by atoms with Crippen molar-refractivity contribution in [3.8, 4) is 0 Å². The first-order valence-electron chi connectivity index (χ1n) is 6.46. The number of esters is 1. The van der Waals surface area contributed by atoms with Crippen LogP contribution in [0.2, 0.25) is 0 Å². The molecule has 1 heterocycles. The molecule has 0 aromatic carbocycles. The Balaban J connectivity index is 2.52. The van der Waals surface area contributed by atoms with E-state index in [2.05, 4.69) is 37.6 Å². The SMILES string of the molecule is CCn1nc(C)c(Br)c1CN(C)CCCC(=O)OC. The predicted molar refractivity (Wildman–Crippen MR) is 77.9 cm³/mol. The van der Waals surface area contributed by atoms with Crippen molar-refractivity contribution >= 4 is 21.9 Å². The van der Waals surface area contributed by atoms with Crippen LogP contribution in [0.3, 0.4) is 0 Å². The van der Waals surface area contributed by atoms with E-state index < -0.39 is 0 Å². The molecule has 0 saturated carbocycles. The average Bonchev–Trinajstić information content (AvgIpc) is 2.66. The van der Waals surface area contributed by atoms with Crippen molar-refractivity contribution < 1.29 is 9.53 Å². The summed E-state index contributed by atoms with van der Waals surface area (Å²) >= 11 is 3.59. The zero-order chi connectivity index (χ0) is 14.4. The number of aryl methyl sites for hydroxylation is 2. The van der Waals surface area contributed by atoms with Crippen LogP contribution in [0.15, 0.2) is 4.47 Å². The zero-order valence-electron chi connectivity index (χ0n) is 12.1. The highest BCUT2D eigenvalue weighted by Crippen LogP contribution is 2.22. The summed E-state index contributed by atoms with van der Waals surface area (Å²) in [4.78, 5) is 13.2. The molecule has 0 aliphatic carbocycles. The number of hydrogen-bond donors (Lipinski definition) is 0. The van der Waals surface area contributed by atoms with Crippen molar-refractivity contribution in [2.75, 3.05) is 20.7 Å². The minimum atomic E-state index is -0.149. The lowest BCUT2D eigenvalue weighted by molar-refractivity contribution is -0.140. The third kappa shape index (κ3) is 4.62. The number of aromatic nitrogens is 2. The summed E-state index contributed by atoms with van der Waals surface area (Å²) in [5.74, 6) is -0.149. The zero-order valence-corrected chi connectivity index (χ0v) is 13.7. The van der Waals surface area contributed by atoms with Crippen molar-refractivity contribution in [3.05, 3.63) is 15.9 Å². The van der Waals surface area contributed by atoms with E-state index in [9.17, 15) is 4.79 Å². The molecule has 108 valence electrons. The van der Waals surface area contributed by atoms with Gasteiger partial charge in [0, 0.05) is 19.5 Å². The molecule has 19 heavy (non-hydrogen) atoms. The Hall–Kier alpha value is -0.880. The van der Waals surface area contributed by atoms with Gasteiger partial charge >= 0.3 is 5.97 Å². The Kier molecular flexibility index (Phi) is 6.51. The Labute approximate surface area is 123 Å². The molecular weight excluding hydrogens is 310 g/mol. The van der Waals surface area contributed by atoms with Crippen molar-refractivity contribution in [2.45, 2.75) is 39.8 Å². The number of carbonyl (C=O) groups is 1. The van der Waals surface area contributed by atoms with Gasteiger partial charge in [0.15, 0.2) is 0 Å². The molecule has 0 amide bonds. The van der Waals surface area contributed by atoms with Gasteiger partial charge in [-0.2, -0.15) is 5.10 Å². The van der Waals surface area contributed by atoms with Gasteiger partial charge in [-0.1, -0.05) is 0 Å². The highest BCUT2D eigenvalue weighted by molar-refractivity contribution is 9.10. The maximum Gasteiger partial charge on any atom is 0.305 e. The number of carbonyl (C=O) groups excluding carboxylic acids is 1. The Morgan fingerprint density at radius 2 is 2.21 bits per heavy atom. The number of rotatable bonds is 7. The Morgan fingerprint density at radius 3 is 2.79 bits per heavy atom. The fraction of sp³-hybridized carbons (Fsp3) is 0.692. The molecule has 1 rings (SSSR count). The van der Waals surface area contributed by atoms with Gasteiger partial charge in [0.1, 0.15) is 0 Å². The molecule has 0 spiro atoms. The third-order valence-corrected chi connectivity index (χ3v) is 4.05. The fourth-order valence-electron chi connectivity index (χ4n) is 1.95. The van der Waals surface area contributed by atoms with Crippen LogP contribution >= 0.6 is 15.9 Å². The van der Waals surface area contributed by atoms with Gasteiger partial charge in [0.05, 0.1) is 23.0 Å². The van der Waals surface area contributed by atoms with Crippen LogP contribution in [0.1, 0.15) is 31.2 Å². The minimum absolute atomic E-state index is 0.149. The van der Waals surface area contributed by atoms with Crippen molar-refractivity contribution in [3.63, 3.8) is 0 Å². The van der Waals surface area contributed by atoms with E-state index in [0.717, 1.165) is 36.2 Å². The van der Waals surface area contributed by atoms with Crippen LogP contribution in [-0.4, -0.2) is 41.4 Å². The molecule has 0 aliphatic heterocycles. The molecule has 0 unspecified atom stereocenters. The highest BCUT2D eigenvalue weighted by Gasteiger charge is 2.14. The summed E-state index contributed by atoms with van der Waals surface area (Å²) in [7, 11) is 3.47. The maximum atomic E-state index is 11.0. The van der Waals surface area contributed by atoms with E-state index in [0.29, 0.717) is 6.42 Å². The monoisotopic (exact) mass is 331 g/mol. The largest absolute Gasteiger partial charge is 0.469 e. The summed E-state index contributed by atoms with van der Waals surface area (Å²) in [5, 5.41) is 4.47. The van der Waals surface area contributed by atoms with Gasteiger partial charge in [0.25, 0.3) is 0 Å². The van der Waals surface area contributed by atoms with E-state index in [-0.39, 0.29) is 5.97 Å². The molecular formula is C13H22BrN3O2. The molecule has 0 saturated heterocycles. The van der Waals surface area contributed by atoms with Gasteiger partial charge in [-0.15, -0.1) is 0 Å². The van der Waals surface area contributed by atoms with E-state index in [1.54, 1.807) is 0 Å². The molecule has 0 atom stereocenters. The van der Waals surface area contributed by atoms with Crippen LogP contribution in [0.4, 0.5) is 0 Å². The molecule has 1 aromatic heterocycles. The van der Waals surface area contributed by atoms with Crippen LogP contribution in [-0.2, 0) is 22.6 Å². The Morgan fingerprint density at radius 1 is 1.53 bits per heavy atom. The second kappa shape index (κ2) is 7.65. The van der Waals surface area contributed by atoms with E-state index in [4.69, 9.17) is 0 Å². The molecule has 0 aliphatic rings. The van der Waals surface area contributed by atoms with E-state index in [1.165, 1.54) is 12.8 Å². The topological polar surface area (TPSA) is 47.4 Å². The van der Waals surface area contributed by atoms with Gasteiger partial charge in [-0.05, 0) is 49.8 Å².